The van der Waals surface area contributed by atoms with Gasteiger partial charge in [-0.25, -0.2) is 4.52 Å². The van der Waals surface area contributed by atoms with Gasteiger partial charge in [0, 0.05) is 10.7 Å². The molecule has 2 aromatic heterocycles. The Kier molecular flexibility index (Phi) is 3.55. The third-order valence-corrected chi connectivity index (χ3v) is 4.02. The highest BCUT2D eigenvalue weighted by Crippen LogP contribution is 2.28. The van der Waals surface area contributed by atoms with Crippen LogP contribution in [-0.2, 0) is 0 Å². The first-order chi connectivity index (χ1) is 10.2. The zero-order valence-electron chi connectivity index (χ0n) is 10.9. The Bertz CT molecular complexity index is 863. The third kappa shape index (κ3) is 2.34. The Morgan fingerprint density at radius 1 is 1.24 bits per heavy atom. The largest absolute Gasteiger partial charge is 0.292 e. The van der Waals surface area contributed by atoms with E-state index in [4.69, 9.17) is 0 Å². The maximum Gasteiger partial charge on any atom is 0.188 e. The van der Waals surface area contributed by atoms with Crippen molar-refractivity contribution in [1.82, 2.24) is 9.61 Å². The lowest BCUT2D eigenvalue weighted by Crippen LogP contribution is -2.11. The quantitative estimate of drug-likeness (QED) is 0.685. The molecular formula is C16H10BrN3O. The molecule has 0 radical (unpaired) electrons. The molecule has 0 bridgehead atoms. The molecule has 102 valence electrons. The van der Waals surface area contributed by atoms with Crippen LogP contribution in [0.25, 0.3) is 5.52 Å². The van der Waals surface area contributed by atoms with Crippen molar-refractivity contribution < 1.29 is 4.79 Å². The Morgan fingerprint density at radius 2 is 2.00 bits per heavy atom. The molecule has 0 spiro atoms. The maximum absolute atomic E-state index is 12.7. The van der Waals surface area contributed by atoms with Gasteiger partial charge in [-0.05, 0) is 23.8 Å². The Morgan fingerprint density at radius 3 is 2.76 bits per heavy atom. The van der Waals surface area contributed by atoms with Gasteiger partial charge in [0.25, 0.3) is 0 Å². The van der Waals surface area contributed by atoms with Crippen molar-refractivity contribution >= 4 is 27.2 Å². The van der Waals surface area contributed by atoms with E-state index < -0.39 is 5.92 Å². The summed E-state index contributed by atoms with van der Waals surface area (Å²) >= 11 is 3.39. The number of pyridine rings is 1. The lowest BCUT2D eigenvalue weighted by Gasteiger charge is -2.09. The first-order valence-corrected chi connectivity index (χ1v) is 7.12. The van der Waals surface area contributed by atoms with Crippen LogP contribution in [0, 0.1) is 11.3 Å². The standard InChI is InChI=1S/C16H10BrN3O/c17-14-6-2-1-5-11(14)12(9-18)16(21)13-10-19-20-8-4-3-7-15(13)20/h1-8,10,12H. The highest BCUT2D eigenvalue weighted by atomic mass is 79.9. The highest BCUT2D eigenvalue weighted by Gasteiger charge is 2.26. The second-order valence-corrected chi connectivity index (χ2v) is 5.39. The Labute approximate surface area is 129 Å². The van der Waals surface area contributed by atoms with Gasteiger partial charge in [-0.2, -0.15) is 10.4 Å². The van der Waals surface area contributed by atoms with Crippen molar-refractivity contribution in [2.45, 2.75) is 5.92 Å². The predicted octanol–water partition coefficient (Wildman–Crippen LogP) is 3.59. The number of ketones is 1. The molecule has 3 aromatic rings. The molecule has 1 unspecified atom stereocenters. The fourth-order valence-electron chi connectivity index (χ4n) is 2.26. The first kappa shape index (κ1) is 13.5. The van der Waals surface area contributed by atoms with Crippen LogP contribution in [0.3, 0.4) is 0 Å². The average Bonchev–Trinajstić information content (AvgIpc) is 2.93. The van der Waals surface area contributed by atoms with Crippen LogP contribution in [-0.4, -0.2) is 15.4 Å². The maximum atomic E-state index is 12.7. The molecule has 0 N–H and O–H groups in total. The number of carbonyl (C=O) groups is 1. The highest BCUT2D eigenvalue weighted by molar-refractivity contribution is 9.10. The Balaban J connectivity index is 2.08. The summed E-state index contributed by atoms with van der Waals surface area (Å²) in [6.45, 7) is 0. The smallest absolute Gasteiger partial charge is 0.188 e. The molecule has 0 fully saturated rings. The summed E-state index contributed by atoms with van der Waals surface area (Å²) in [6.07, 6.45) is 3.28. The zero-order valence-corrected chi connectivity index (χ0v) is 12.5. The lowest BCUT2D eigenvalue weighted by atomic mass is 9.92. The topological polar surface area (TPSA) is 58.2 Å². The van der Waals surface area contributed by atoms with Crippen LogP contribution in [0.5, 0.6) is 0 Å². The summed E-state index contributed by atoms with van der Waals surface area (Å²) in [5.41, 5.74) is 1.83. The van der Waals surface area contributed by atoms with Crippen molar-refractivity contribution in [3.63, 3.8) is 0 Å². The van der Waals surface area contributed by atoms with Crippen LogP contribution >= 0.6 is 15.9 Å². The van der Waals surface area contributed by atoms with E-state index in [0.29, 0.717) is 16.6 Å². The van der Waals surface area contributed by atoms with Gasteiger partial charge < -0.3 is 0 Å². The first-order valence-electron chi connectivity index (χ1n) is 6.33. The number of hydrogen-bond donors (Lipinski definition) is 0. The van der Waals surface area contributed by atoms with E-state index >= 15 is 0 Å². The van der Waals surface area contributed by atoms with Crippen molar-refractivity contribution in [1.29, 1.82) is 5.26 Å². The number of Topliss-reactive ketones (excluding diaryl/α,β-unsaturated/α-hetero) is 1. The van der Waals surface area contributed by atoms with Gasteiger partial charge >= 0.3 is 0 Å². The van der Waals surface area contributed by atoms with Crippen molar-refractivity contribution in [2.24, 2.45) is 0 Å². The minimum absolute atomic E-state index is 0.245. The monoisotopic (exact) mass is 339 g/mol. The minimum Gasteiger partial charge on any atom is -0.292 e. The second-order valence-electron chi connectivity index (χ2n) is 4.54. The molecule has 0 saturated carbocycles. The predicted molar refractivity (Wildman–Crippen MR) is 82.0 cm³/mol. The molecule has 21 heavy (non-hydrogen) atoms. The summed E-state index contributed by atoms with van der Waals surface area (Å²) in [5, 5.41) is 13.6. The molecule has 0 saturated heterocycles. The number of benzene rings is 1. The fraction of sp³-hybridized carbons (Fsp3) is 0.0625. The summed E-state index contributed by atoms with van der Waals surface area (Å²) in [7, 11) is 0. The van der Waals surface area contributed by atoms with E-state index in [-0.39, 0.29) is 5.78 Å². The van der Waals surface area contributed by atoms with Crippen LogP contribution < -0.4 is 0 Å². The van der Waals surface area contributed by atoms with Crippen LogP contribution in [0.4, 0.5) is 0 Å². The summed E-state index contributed by atoms with van der Waals surface area (Å²) in [6, 6.07) is 14.9. The number of nitrogens with zero attached hydrogens (tertiary/aromatic N) is 3. The molecule has 2 heterocycles. The fourth-order valence-corrected chi connectivity index (χ4v) is 2.77. The van der Waals surface area contributed by atoms with Crippen molar-refractivity contribution in [3.8, 4) is 6.07 Å². The number of nitriles is 1. The van der Waals surface area contributed by atoms with Crippen molar-refractivity contribution in [2.75, 3.05) is 0 Å². The van der Waals surface area contributed by atoms with Gasteiger partial charge in [0.15, 0.2) is 5.78 Å². The van der Waals surface area contributed by atoms with Gasteiger partial charge in [-0.3, -0.25) is 4.79 Å². The molecule has 0 aliphatic rings. The number of hydrogen-bond acceptors (Lipinski definition) is 3. The molecule has 3 rings (SSSR count). The van der Waals surface area contributed by atoms with Crippen molar-refractivity contribution in [3.05, 3.63) is 70.5 Å². The second kappa shape index (κ2) is 5.51. The summed E-state index contributed by atoms with van der Waals surface area (Å²) in [4.78, 5) is 12.7. The van der Waals surface area contributed by atoms with Crippen LogP contribution in [0.2, 0.25) is 0 Å². The van der Waals surface area contributed by atoms with E-state index in [9.17, 15) is 10.1 Å². The molecule has 0 aliphatic carbocycles. The number of aromatic nitrogens is 2. The third-order valence-electron chi connectivity index (χ3n) is 3.30. The normalized spacial score (nSPS) is 12.0. The number of halogens is 1. The number of carbonyl (C=O) groups excluding carboxylic acids is 1. The van der Waals surface area contributed by atoms with Gasteiger partial charge in [-0.15, -0.1) is 0 Å². The molecule has 4 nitrogen and oxygen atoms in total. The summed E-state index contributed by atoms with van der Waals surface area (Å²) < 4.78 is 2.38. The van der Waals surface area contributed by atoms with Gasteiger partial charge in [0.05, 0.1) is 23.3 Å². The van der Waals surface area contributed by atoms with E-state index in [1.165, 1.54) is 6.20 Å². The Hall–Kier alpha value is -2.45. The van der Waals surface area contributed by atoms with Gasteiger partial charge in [-0.1, -0.05) is 40.2 Å². The SMILES string of the molecule is N#CC(C(=O)c1cnn2ccccc12)c1ccccc1Br. The van der Waals surface area contributed by atoms with Crippen LogP contribution in [0.15, 0.2) is 59.3 Å². The molecule has 1 aromatic carbocycles. The minimum atomic E-state index is -0.853. The molecule has 5 heteroatoms. The number of rotatable bonds is 3. The average molecular weight is 340 g/mol. The van der Waals surface area contributed by atoms with Gasteiger partial charge in [0.1, 0.15) is 5.92 Å². The molecule has 0 amide bonds. The molecule has 1 atom stereocenters. The molecule has 0 aliphatic heterocycles. The zero-order chi connectivity index (χ0) is 14.8. The van der Waals surface area contributed by atoms with E-state index in [0.717, 1.165) is 4.47 Å². The van der Waals surface area contributed by atoms with Crippen LogP contribution in [0.1, 0.15) is 21.8 Å². The lowest BCUT2D eigenvalue weighted by molar-refractivity contribution is 0.0980. The number of fused-ring (bicyclic) bond motifs is 1. The van der Waals surface area contributed by atoms with E-state index in [2.05, 4.69) is 27.1 Å². The molecular weight excluding hydrogens is 330 g/mol. The summed E-state index contributed by atoms with van der Waals surface area (Å²) in [5.74, 6) is -1.10. The van der Waals surface area contributed by atoms with E-state index in [1.54, 1.807) is 16.8 Å². The van der Waals surface area contributed by atoms with Gasteiger partial charge in [0.2, 0.25) is 0 Å². The van der Waals surface area contributed by atoms with E-state index in [1.807, 2.05) is 36.4 Å².